The van der Waals surface area contributed by atoms with Crippen molar-refractivity contribution in [3.05, 3.63) is 64.6 Å². The van der Waals surface area contributed by atoms with E-state index >= 15 is 0 Å². The van der Waals surface area contributed by atoms with Gasteiger partial charge in [0.25, 0.3) is 5.91 Å². The number of sulfonamides is 1. The number of aryl methyl sites for hydroxylation is 2. The van der Waals surface area contributed by atoms with Gasteiger partial charge < -0.3 is 15.2 Å². The van der Waals surface area contributed by atoms with Crippen molar-refractivity contribution in [3.63, 3.8) is 0 Å². The minimum Gasteiger partial charge on any atom is -0.476 e. The Labute approximate surface area is 201 Å². The van der Waals surface area contributed by atoms with Gasteiger partial charge in [0, 0.05) is 29.9 Å². The molecule has 1 aromatic heterocycles. The van der Waals surface area contributed by atoms with Crippen LogP contribution in [0.15, 0.2) is 41.3 Å². The van der Waals surface area contributed by atoms with E-state index in [1.807, 2.05) is 0 Å². The largest absolute Gasteiger partial charge is 0.476 e. The third-order valence-electron chi connectivity index (χ3n) is 4.93. The second-order valence-corrected chi connectivity index (χ2v) is 9.85. The van der Waals surface area contributed by atoms with Crippen molar-refractivity contribution >= 4 is 27.6 Å². The highest BCUT2D eigenvalue weighted by atomic mass is 32.2. The van der Waals surface area contributed by atoms with Crippen LogP contribution >= 0.6 is 0 Å². The van der Waals surface area contributed by atoms with Crippen LogP contribution in [0.4, 0.5) is 10.1 Å². The first kappa shape index (κ1) is 25.8. The average Bonchev–Trinajstić information content (AvgIpc) is 3.04. The van der Waals surface area contributed by atoms with Crippen LogP contribution in [0.3, 0.4) is 0 Å². The molecule has 3 aromatic rings. The summed E-state index contributed by atoms with van der Waals surface area (Å²) in [6, 6.07) is 7.42. The summed E-state index contributed by atoms with van der Waals surface area (Å²) in [6.07, 6.45) is 0. The lowest BCUT2D eigenvalue weighted by molar-refractivity contribution is 0.0688. The molecule has 12 heteroatoms. The predicted molar refractivity (Wildman–Crippen MR) is 126 cm³/mol. The Bertz CT molecular complexity index is 1420. The maximum absolute atomic E-state index is 13.5. The molecule has 0 spiro atoms. The normalized spacial score (nSPS) is 11.5. The minimum absolute atomic E-state index is 0.0435. The zero-order chi connectivity index (χ0) is 26.1. The van der Waals surface area contributed by atoms with Gasteiger partial charge in [-0.1, -0.05) is 0 Å². The van der Waals surface area contributed by atoms with Gasteiger partial charge in [0.1, 0.15) is 16.5 Å². The fourth-order valence-corrected chi connectivity index (χ4v) is 4.71. The number of carboxylic acids is 1. The van der Waals surface area contributed by atoms with Gasteiger partial charge in [0.05, 0.1) is 0 Å². The second kappa shape index (κ2) is 9.84. The average molecular weight is 505 g/mol. The number of aromatic nitrogens is 2. The zero-order valence-corrected chi connectivity index (χ0v) is 20.5. The highest BCUT2D eigenvalue weighted by Gasteiger charge is 2.25. The maximum atomic E-state index is 13.5. The van der Waals surface area contributed by atoms with Crippen LogP contribution in [0.2, 0.25) is 0 Å². The molecule has 0 saturated carbocycles. The van der Waals surface area contributed by atoms with E-state index in [1.165, 1.54) is 62.0 Å². The first-order chi connectivity index (χ1) is 16.3. The number of anilines is 1. The molecule has 0 saturated heterocycles. The summed E-state index contributed by atoms with van der Waals surface area (Å²) < 4.78 is 49.1. The van der Waals surface area contributed by atoms with E-state index in [0.29, 0.717) is 0 Å². The lowest BCUT2D eigenvalue weighted by Crippen LogP contribution is -2.30. The summed E-state index contributed by atoms with van der Waals surface area (Å²) >= 11 is 0. The molecule has 1 heterocycles. The SMILES string of the molecule is Cc1cc(C(=O)Nc2ccc(Oc3c(C)c(C(=O)O)nn3C)c(S(=O)(=O)NC(C)C)c2)ccc1F. The van der Waals surface area contributed by atoms with E-state index in [1.54, 1.807) is 13.8 Å². The summed E-state index contributed by atoms with van der Waals surface area (Å²) in [5.41, 5.74) is 0.620. The van der Waals surface area contributed by atoms with E-state index < -0.39 is 33.8 Å². The number of nitrogens with one attached hydrogen (secondary N) is 2. The molecule has 0 radical (unpaired) electrons. The van der Waals surface area contributed by atoms with Crippen LogP contribution in [-0.2, 0) is 17.1 Å². The number of carbonyl (C=O) groups is 2. The van der Waals surface area contributed by atoms with Crippen molar-refractivity contribution in [1.29, 1.82) is 0 Å². The lowest BCUT2D eigenvalue weighted by Gasteiger charge is -2.16. The topological polar surface area (TPSA) is 140 Å². The first-order valence-corrected chi connectivity index (χ1v) is 12.0. The Morgan fingerprint density at radius 3 is 2.40 bits per heavy atom. The van der Waals surface area contributed by atoms with Crippen LogP contribution in [0.25, 0.3) is 0 Å². The fourth-order valence-electron chi connectivity index (χ4n) is 3.31. The Hall–Kier alpha value is -3.77. The number of hydrogen-bond donors (Lipinski definition) is 3. The summed E-state index contributed by atoms with van der Waals surface area (Å²) in [5.74, 6) is -2.32. The number of carboxylic acid groups (broad SMARTS) is 1. The molecule has 3 rings (SSSR count). The van der Waals surface area contributed by atoms with Crippen molar-refractivity contribution in [2.24, 2.45) is 7.05 Å². The molecular formula is C23H25FN4O6S. The van der Waals surface area contributed by atoms with Crippen molar-refractivity contribution in [2.75, 3.05) is 5.32 Å². The third-order valence-corrected chi connectivity index (χ3v) is 6.61. The highest BCUT2D eigenvalue weighted by molar-refractivity contribution is 7.89. The Morgan fingerprint density at radius 2 is 1.83 bits per heavy atom. The predicted octanol–water partition coefficient (Wildman–Crippen LogP) is 3.61. The molecule has 2 aromatic carbocycles. The maximum Gasteiger partial charge on any atom is 0.356 e. The van der Waals surface area contributed by atoms with Gasteiger partial charge in [0.15, 0.2) is 5.69 Å². The van der Waals surface area contributed by atoms with Crippen molar-refractivity contribution < 1.29 is 32.2 Å². The summed E-state index contributed by atoms with van der Waals surface area (Å²) in [7, 11) is -2.64. The molecule has 35 heavy (non-hydrogen) atoms. The van der Waals surface area contributed by atoms with E-state index in [9.17, 15) is 27.5 Å². The number of aromatic carboxylic acids is 1. The van der Waals surface area contributed by atoms with Gasteiger partial charge >= 0.3 is 5.97 Å². The van der Waals surface area contributed by atoms with Crippen molar-refractivity contribution in [3.8, 4) is 11.6 Å². The molecule has 1 amide bonds. The van der Waals surface area contributed by atoms with Gasteiger partial charge in [0.2, 0.25) is 15.9 Å². The molecule has 10 nitrogen and oxygen atoms in total. The first-order valence-electron chi connectivity index (χ1n) is 10.5. The molecule has 0 unspecified atom stereocenters. The molecule has 0 aliphatic carbocycles. The molecule has 0 atom stereocenters. The van der Waals surface area contributed by atoms with Crippen LogP contribution in [0, 0.1) is 19.7 Å². The van der Waals surface area contributed by atoms with Gasteiger partial charge in [-0.05, 0) is 69.7 Å². The van der Waals surface area contributed by atoms with E-state index in [2.05, 4.69) is 15.1 Å². The minimum atomic E-state index is -4.10. The standard InChI is InChI=1S/C23H25FN4O6S/c1-12(2)27-35(32,33)19-11-16(25-21(29)15-6-8-17(24)13(3)10-15)7-9-18(19)34-22-14(4)20(23(30)31)26-28(22)5/h6-12,27H,1-5H3,(H,25,29)(H,30,31). The number of ether oxygens (including phenoxy) is 1. The Balaban J connectivity index is 2.03. The van der Waals surface area contributed by atoms with Crippen molar-refractivity contribution in [2.45, 2.75) is 38.6 Å². The van der Waals surface area contributed by atoms with Crippen LogP contribution < -0.4 is 14.8 Å². The van der Waals surface area contributed by atoms with Crippen LogP contribution in [0.1, 0.15) is 45.8 Å². The molecular weight excluding hydrogens is 479 g/mol. The van der Waals surface area contributed by atoms with Gasteiger partial charge in [-0.15, -0.1) is 0 Å². The molecule has 0 bridgehead atoms. The molecule has 186 valence electrons. The quantitative estimate of drug-likeness (QED) is 0.426. The molecule has 0 aliphatic heterocycles. The number of amides is 1. The number of carbonyl (C=O) groups excluding carboxylic acids is 1. The summed E-state index contributed by atoms with van der Waals surface area (Å²) in [5, 5.41) is 15.8. The van der Waals surface area contributed by atoms with Gasteiger partial charge in [-0.25, -0.2) is 27.0 Å². The smallest absolute Gasteiger partial charge is 0.356 e. The summed E-state index contributed by atoms with van der Waals surface area (Å²) in [4.78, 5) is 23.8. The van der Waals surface area contributed by atoms with Crippen molar-refractivity contribution in [1.82, 2.24) is 14.5 Å². The van der Waals surface area contributed by atoms with Crippen LogP contribution in [0.5, 0.6) is 11.6 Å². The van der Waals surface area contributed by atoms with E-state index in [4.69, 9.17) is 4.74 Å². The number of nitrogens with zero attached hydrogens (tertiary/aromatic N) is 2. The Morgan fingerprint density at radius 1 is 1.14 bits per heavy atom. The number of halogens is 1. The second-order valence-electron chi connectivity index (χ2n) is 8.17. The highest BCUT2D eigenvalue weighted by Crippen LogP contribution is 2.34. The van der Waals surface area contributed by atoms with E-state index in [-0.39, 0.29) is 44.6 Å². The number of rotatable bonds is 8. The van der Waals surface area contributed by atoms with Crippen LogP contribution in [-0.4, -0.2) is 41.2 Å². The monoisotopic (exact) mass is 504 g/mol. The molecule has 3 N–H and O–H groups in total. The molecule has 0 fully saturated rings. The number of benzene rings is 2. The molecule has 0 aliphatic rings. The lowest BCUT2D eigenvalue weighted by atomic mass is 10.1. The number of hydrogen-bond acceptors (Lipinski definition) is 6. The van der Waals surface area contributed by atoms with Gasteiger partial charge in [-0.2, -0.15) is 5.10 Å². The zero-order valence-electron chi connectivity index (χ0n) is 19.7. The Kier molecular flexibility index (Phi) is 7.27. The summed E-state index contributed by atoms with van der Waals surface area (Å²) in [6.45, 7) is 6.30. The fraction of sp³-hybridized carbons (Fsp3) is 0.261. The third kappa shape index (κ3) is 5.66. The van der Waals surface area contributed by atoms with Gasteiger partial charge in [-0.3, -0.25) is 4.79 Å². The van der Waals surface area contributed by atoms with E-state index in [0.717, 1.165) is 0 Å².